The minimum atomic E-state index is -0.877. The number of allylic oxidation sites excluding steroid dienone is 1. The summed E-state index contributed by atoms with van der Waals surface area (Å²) in [5.41, 5.74) is 1.12. The van der Waals surface area contributed by atoms with E-state index in [0.29, 0.717) is 53.1 Å². The molecule has 0 aliphatic carbocycles. The number of hydrogen-bond donors (Lipinski definition) is 1. The predicted molar refractivity (Wildman–Crippen MR) is 151 cm³/mol. The Hall–Kier alpha value is -3.87. The van der Waals surface area contributed by atoms with Crippen molar-refractivity contribution in [1.82, 2.24) is 14.5 Å². The third-order valence-electron chi connectivity index (χ3n) is 5.92. The Labute approximate surface area is 240 Å². The number of halogens is 1. The number of ether oxygens (including phenoxy) is 2. The fraction of sp³-hybridized carbons (Fsp3) is 0.222. The number of nitrogens with one attached hydrogen (secondary N) is 1. The van der Waals surface area contributed by atoms with E-state index in [1.807, 2.05) is 0 Å². The summed E-state index contributed by atoms with van der Waals surface area (Å²) in [6.45, 7) is 5.30. The van der Waals surface area contributed by atoms with Gasteiger partial charge in [-0.25, -0.2) is 14.8 Å². The van der Waals surface area contributed by atoms with Crippen LogP contribution < -0.4 is 25.2 Å². The second kappa shape index (κ2) is 11.3. The first-order valence-electron chi connectivity index (χ1n) is 12.1. The number of carbonyl (C=O) groups excluding carboxylic acids is 1. The van der Waals surface area contributed by atoms with Crippen LogP contribution in [0.1, 0.15) is 36.9 Å². The number of aromatic amines is 1. The van der Waals surface area contributed by atoms with E-state index in [0.717, 1.165) is 23.1 Å². The summed E-state index contributed by atoms with van der Waals surface area (Å²) in [5.74, 6) is 0.289. The molecule has 10 nitrogen and oxygen atoms in total. The molecule has 0 saturated carbocycles. The van der Waals surface area contributed by atoms with Crippen molar-refractivity contribution in [3.8, 4) is 5.75 Å². The summed E-state index contributed by atoms with van der Waals surface area (Å²) in [5, 5.41) is 1.29. The van der Waals surface area contributed by atoms with Crippen LogP contribution >= 0.6 is 34.7 Å². The molecule has 0 unspecified atom stereocenters. The van der Waals surface area contributed by atoms with Crippen LogP contribution in [0.5, 0.6) is 5.75 Å². The second-order valence-corrected chi connectivity index (χ2v) is 11.1. The Morgan fingerprint density at radius 2 is 2.05 bits per heavy atom. The van der Waals surface area contributed by atoms with Crippen molar-refractivity contribution in [2.75, 3.05) is 13.7 Å². The maximum absolute atomic E-state index is 13.8. The zero-order valence-corrected chi connectivity index (χ0v) is 24.2. The fourth-order valence-electron chi connectivity index (χ4n) is 4.30. The fourth-order valence-corrected chi connectivity index (χ4v) is 6.31. The first-order chi connectivity index (χ1) is 19.2. The zero-order chi connectivity index (χ0) is 28.6. The highest BCUT2D eigenvalue weighted by Gasteiger charge is 2.35. The molecule has 0 amide bonds. The molecule has 1 aromatic carbocycles. The minimum absolute atomic E-state index is 0.157. The van der Waals surface area contributed by atoms with Gasteiger partial charge in [-0.2, -0.15) is 0 Å². The maximum atomic E-state index is 13.8. The van der Waals surface area contributed by atoms with Gasteiger partial charge in [-0.05, 0) is 62.9 Å². The average Bonchev–Trinajstić information content (AvgIpc) is 3.46. The summed E-state index contributed by atoms with van der Waals surface area (Å²) >= 11 is 8.65. The van der Waals surface area contributed by atoms with Crippen LogP contribution in [-0.4, -0.2) is 34.2 Å². The molecule has 0 saturated heterocycles. The summed E-state index contributed by atoms with van der Waals surface area (Å²) in [4.78, 5) is 50.6. The van der Waals surface area contributed by atoms with Gasteiger partial charge in [-0.15, -0.1) is 0 Å². The Bertz CT molecular complexity index is 1900. The van der Waals surface area contributed by atoms with Gasteiger partial charge in [0.25, 0.3) is 11.1 Å². The molecule has 0 spiro atoms. The summed E-state index contributed by atoms with van der Waals surface area (Å²) < 4.78 is 18.6. The summed E-state index contributed by atoms with van der Waals surface area (Å²) in [6, 6.07) is 8.98. The van der Waals surface area contributed by atoms with Crippen molar-refractivity contribution in [2.45, 2.75) is 37.1 Å². The Morgan fingerprint density at radius 3 is 2.77 bits per heavy atom. The molecule has 206 valence electrons. The number of rotatable bonds is 7. The van der Waals surface area contributed by atoms with Crippen LogP contribution in [-0.2, 0) is 9.53 Å². The van der Waals surface area contributed by atoms with Crippen molar-refractivity contribution in [1.29, 1.82) is 0 Å². The number of esters is 1. The average molecular weight is 599 g/mol. The molecule has 4 aromatic rings. The molecule has 0 radical (unpaired) electrons. The molecule has 13 heteroatoms. The number of carbonyl (C=O) groups is 1. The molecule has 1 aliphatic rings. The van der Waals surface area contributed by atoms with Gasteiger partial charge in [0, 0.05) is 28.4 Å². The third kappa shape index (κ3) is 5.42. The van der Waals surface area contributed by atoms with Crippen molar-refractivity contribution >= 4 is 46.7 Å². The maximum Gasteiger partial charge on any atom is 0.338 e. The first kappa shape index (κ1) is 27.7. The van der Waals surface area contributed by atoms with E-state index >= 15 is 0 Å². The van der Waals surface area contributed by atoms with Crippen molar-refractivity contribution in [3.63, 3.8) is 0 Å². The minimum Gasteiger partial charge on any atom is -0.496 e. The molecule has 3 aromatic heterocycles. The molecule has 0 fully saturated rings. The monoisotopic (exact) mass is 598 g/mol. The topological polar surface area (TPSA) is 129 Å². The van der Waals surface area contributed by atoms with Crippen LogP contribution in [0.25, 0.3) is 6.08 Å². The number of hydrogen-bond acceptors (Lipinski definition) is 10. The number of H-pyrrole nitrogens is 1. The number of aromatic nitrogens is 3. The number of methoxy groups -OCH3 is 1. The lowest BCUT2D eigenvalue weighted by molar-refractivity contribution is -0.139. The highest BCUT2D eigenvalue weighted by molar-refractivity contribution is 7.99. The first-order valence-corrected chi connectivity index (χ1v) is 14.1. The van der Waals surface area contributed by atoms with Gasteiger partial charge in [0.1, 0.15) is 17.6 Å². The molecule has 40 heavy (non-hydrogen) atoms. The smallest absolute Gasteiger partial charge is 0.338 e. The van der Waals surface area contributed by atoms with Crippen LogP contribution in [0, 0.1) is 6.92 Å². The Kier molecular flexibility index (Phi) is 7.83. The van der Waals surface area contributed by atoms with Gasteiger partial charge in [0.05, 0.1) is 29.5 Å². The van der Waals surface area contributed by atoms with E-state index in [-0.39, 0.29) is 23.3 Å². The van der Waals surface area contributed by atoms with E-state index in [1.54, 1.807) is 57.2 Å². The van der Waals surface area contributed by atoms with Gasteiger partial charge >= 0.3 is 5.97 Å². The van der Waals surface area contributed by atoms with E-state index in [2.05, 4.69) is 15.0 Å². The summed E-state index contributed by atoms with van der Waals surface area (Å²) in [7, 11) is 1.51. The van der Waals surface area contributed by atoms with Gasteiger partial charge in [0.15, 0.2) is 15.1 Å². The zero-order valence-electron chi connectivity index (χ0n) is 21.8. The van der Waals surface area contributed by atoms with Crippen LogP contribution in [0.3, 0.4) is 0 Å². The molecule has 1 N–H and O–H groups in total. The number of fused-ring (bicyclic) bond motifs is 1. The predicted octanol–water partition coefficient (Wildman–Crippen LogP) is 3.60. The summed E-state index contributed by atoms with van der Waals surface area (Å²) in [6.07, 6.45) is 1.61. The highest BCUT2D eigenvalue weighted by atomic mass is 35.5. The molecule has 0 bridgehead atoms. The van der Waals surface area contributed by atoms with E-state index in [9.17, 15) is 14.4 Å². The van der Waals surface area contributed by atoms with Crippen LogP contribution in [0.15, 0.2) is 76.9 Å². The van der Waals surface area contributed by atoms with Gasteiger partial charge in [-0.3, -0.25) is 14.2 Å². The van der Waals surface area contributed by atoms with Crippen molar-refractivity contribution in [2.24, 2.45) is 4.99 Å². The van der Waals surface area contributed by atoms with Crippen molar-refractivity contribution in [3.05, 3.63) is 99.7 Å². The number of thiazole rings is 1. The number of furan rings is 1. The lowest BCUT2D eigenvalue weighted by Gasteiger charge is -2.26. The molecular weight excluding hydrogens is 576 g/mol. The second-order valence-electron chi connectivity index (χ2n) is 8.64. The SMILES string of the molecule is CCOC(=O)C1=C(C)N=c2s/c(=C\c3ccc(Sc4nc(C)cc(=O)[nH]4)o3)c(=O)n2[C@@H]1c1cc(Cl)ccc1OC. The standard InChI is InChI=1S/C27H23ClN4O6S2/c1-5-37-25(35)22-14(3)30-27-32(23(22)17-11-15(28)6-8-18(17)36-4)24(34)19(39-27)12-16-7-9-21(38-16)40-26-29-13(2)10-20(33)31-26/h6-12,23H,5H2,1-4H3,(H,29,31,33)/b19-12-/t23-/m1/s1. The molecular formula is C27H23ClN4O6S2. The van der Waals surface area contributed by atoms with Gasteiger partial charge in [0.2, 0.25) is 0 Å². The Morgan fingerprint density at radius 1 is 1.25 bits per heavy atom. The largest absolute Gasteiger partial charge is 0.496 e. The van der Waals surface area contributed by atoms with E-state index in [1.165, 1.54) is 17.7 Å². The molecule has 4 heterocycles. The normalized spacial score (nSPS) is 15.1. The third-order valence-corrected chi connectivity index (χ3v) is 7.95. The lowest BCUT2D eigenvalue weighted by atomic mass is 9.95. The van der Waals surface area contributed by atoms with Crippen LogP contribution in [0.4, 0.5) is 0 Å². The van der Waals surface area contributed by atoms with Crippen molar-refractivity contribution < 1.29 is 18.7 Å². The molecule has 1 atom stereocenters. The highest BCUT2D eigenvalue weighted by Crippen LogP contribution is 2.37. The number of aryl methyl sites for hydroxylation is 1. The quantitative estimate of drug-likeness (QED) is 0.252. The number of nitrogens with zero attached hydrogens (tertiary/aromatic N) is 3. The van der Waals surface area contributed by atoms with Gasteiger partial charge in [-0.1, -0.05) is 22.9 Å². The van der Waals surface area contributed by atoms with E-state index < -0.39 is 12.0 Å². The molecule has 5 rings (SSSR count). The van der Waals surface area contributed by atoms with Gasteiger partial charge < -0.3 is 18.9 Å². The molecule has 1 aliphatic heterocycles. The van der Waals surface area contributed by atoms with Crippen LogP contribution in [0.2, 0.25) is 5.02 Å². The van der Waals surface area contributed by atoms with E-state index in [4.69, 9.17) is 25.5 Å². The lowest BCUT2D eigenvalue weighted by Crippen LogP contribution is -2.40. The number of benzene rings is 1. The Balaban J connectivity index is 1.61.